The number of hydrogen-bond acceptors (Lipinski definition) is 6. The van der Waals surface area contributed by atoms with Crippen molar-refractivity contribution < 1.29 is 9.53 Å². The first kappa shape index (κ1) is 14.2. The average molecular weight is 315 g/mol. The Hall–Kier alpha value is -2.74. The van der Waals surface area contributed by atoms with Crippen LogP contribution in [-0.2, 0) is 11.3 Å². The molecule has 0 spiro atoms. The van der Waals surface area contributed by atoms with Gasteiger partial charge < -0.3 is 10.1 Å². The fourth-order valence-corrected chi connectivity index (χ4v) is 2.42. The number of tetrazole rings is 1. The Bertz CT molecular complexity index is 710. The largest absolute Gasteiger partial charge is 0.484 e. The first-order chi connectivity index (χ1) is 10.8. The summed E-state index contributed by atoms with van der Waals surface area (Å²) in [5, 5.41) is 15.7. The van der Waals surface area contributed by atoms with Crippen molar-refractivity contribution in [2.24, 2.45) is 0 Å². The Morgan fingerprint density at radius 1 is 1.27 bits per heavy atom. The van der Waals surface area contributed by atoms with E-state index in [9.17, 15) is 4.79 Å². The van der Waals surface area contributed by atoms with E-state index in [0.717, 1.165) is 10.6 Å². The normalized spacial score (nSPS) is 10.4. The molecule has 3 aromatic rings. The second kappa shape index (κ2) is 6.81. The summed E-state index contributed by atoms with van der Waals surface area (Å²) in [7, 11) is 0. The van der Waals surface area contributed by atoms with E-state index in [4.69, 9.17) is 4.74 Å². The van der Waals surface area contributed by atoms with Crippen molar-refractivity contribution in [3.05, 3.63) is 53.0 Å². The molecule has 3 rings (SSSR count). The van der Waals surface area contributed by atoms with Gasteiger partial charge in [0.05, 0.1) is 12.2 Å². The lowest BCUT2D eigenvalue weighted by Crippen LogP contribution is -2.28. The van der Waals surface area contributed by atoms with Crippen LogP contribution in [0.25, 0.3) is 5.69 Å². The molecule has 0 bridgehead atoms. The quantitative estimate of drug-likeness (QED) is 0.744. The first-order valence-electron chi connectivity index (χ1n) is 6.56. The Morgan fingerprint density at radius 2 is 2.14 bits per heavy atom. The zero-order valence-electron chi connectivity index (χ0n) is 11.5. The van der Waals surface area contributed by atoms with Crippen molar-refractivity contribution in [2.75, 3.05) is 6.61 Å². The van der Waals surface area contributed by atoms with E-state index in [0.29, 0.717) is 12.3 Å². The third kappa shape index (κ3) is 3.67. The molecule has 8 heteroatoms. The minimum absolute atomic E-state index is 0.0183. The van der Waals surface area contributed by atoms with Gasteiger partial charge in [-0.1, -0.05) is 6.07 Å². The minimum Gasteiger partial charge on any atom is -0.484 e. The number of rotatable bonds is 6. The SMILES string of the molecule is O=C(COc1ccc(-n2cnnn2)cc1)NCc1cccs1. The number of benzene rings is 1. The summed E-state index contributed by atoms with van der Waals surface area (Å²) < 4.78 is 6.98. The van der Waals surface area contributed by atoms with Crippen LogP contribution in [0.4, 0.5) is 0 Å². The van der Waals surface area contributed by atoms with Gasteiger partial charge in [0.25, 0.3) is 5.91 Å². The number of amides is 1. The molecule has 1 N–H and O–H groups in total. The average Bonchev–Trinajstić information content (AvgIpc) is 3.24. The number of nitrogens with zero attached hydrogens (tertiary/aromatic N) is 4. The minimum atomic E-state index is -0.155. The van der Waals surface area contributed by atoms with E-state index in [2.05, 4.69) is 20.8 Å². The molecule has 2 heterocycles. The molecule has 1 aromatic carbocycles. The lowest BCUT2D eigenvalue weighted by Gasteiger charge is -2.07. The Morgan fingerprint density at radius 3 is 2.82 bits per heavy atom. The Kier molecular flexibility index (Phi) is 4.40. The number of carbonyl (C=O) groups is 1. The fourth-order valence-electron chi connectivity index (χ4n) is 1.77. The molecule has 0 radical (unpaired) electrons. The Labute approximate surface area is 130 Å². The van der Waals surface area contributed by atoms with E-state index < -0.39 is 0 Å². The predicted molar refractivity (Wildman–Crippen MR) is 80.8 cm³/mol. The van der Waals surface area contributed by atoms with Gasteiger partial charge in [0.1, 0.15) is 12.1 Å². The molecule has 7 nitrogen and oxygen atoms in total. The number of nitrogens with one attached hydrogen (secondary N) is 1. The molecule has 0 fully saturated rings. The van der Waals surface area contributed by atoms with Gasteiger partial charge >= 0.3 is 0 Å². The second-order valence-corrected chi connectivity index (χ2v) is 5.43. The Balaban J connectivity index is 1.48. The first-order valence-corrected chi connectivity index (χ1v) is 7.44. The molecule has 0 unspecified atom stereocenters. The van der Waals surface area contributed by atoms with Crippen molar-refractivity contribution >= 4 is 17.2 Å². The molecule has 0 atom stereocenters. The van der Waals surface area contributed by atoms with Crippen molar-refractivity contribution in [3.63, 3.8) is 0 Å². The highest BCUT2D eigenvalue weighted by Crippen LogP contribution is 2.14. The zero-order valence-corrected chi connectivity index (χ0v) is 12.4. The monoisotopic (exact) mass is 315 g/mol. The highest BCUT2D eigenvalue weighted by atomic mass is 32.1. The maximum absolute atomic E-state index is 11.7. The van der Waals surface area contributed by atoms with Crippen LogP contribution in [0.2, 0.25) is 0 Å². The van der Waals surface area contributed by atoms with Gasteiger partial charge in [-0.15, -0.1) is 16.4 Å². The molecule has 0 aliphatic carbocycles. The summed E-state index contributed by atoms with van der Waals surface area (Å²) in [6.07, 6.45) is 1.51. The fraction of sp³-hybridized carbons (Fsp3) is 0.143. The molecule has 112 valence electrons. The number of aromatic nitrogens is 4. The van der Waals surface area contributed by atoms with Gasteiger partial charge in [0, 0.05) is 4.88 Å². The van der Waals surface area contributed by atoms with Gasteiger partial charge in [0.2, 0.25) is 0 Å². The highest BCUT2D eigenvalue weighted by Gasteiger charge is 2.04. The molecule has 0 saturated carbocycles. The summed E-state index contributed by atoms with van der Waals surface area (Å²) in [6.45, 7) is 0.508. The molecule has 22 heavy (non-hydrogen) atoms. The summed E-state index contributed by atoms with van der Waals surface area (Å²) in [5.41, 5.74) is 0.819. The van der Waals surface area contributed by atoms with Crippen LogP contribution in [0, 0.1) is 0 Å². The van der Waals surface area contributed by atoms with E-state index in [1.54, 1.807) is 23.5 Å². The van der Waals surface area contributed by atoms with E-state index in [1.165, 1.54) is 11.0 Å². The van der Waals surface area contributed by atoms with Crippen LogP contribution in [0.5, 0.6) is 5.75 Å². The van der Waals surface area contributed by atoms with Crippen molar-refractivity contribution in [1.82, 2.24) is 25.5 Å². The van der Waals surface area contributed by atoms with E-state index >= 15 is 0 Å². The van der Waals surface area contributed by atoms with Crippen LogP contribution >= 0.6 is 11.3 Å². The number of hydrogen-bond donors (Lipinski definition) is 1. The van der Waals surface area contributed by atoms with E-state index in [1.807, 2.05) is 29.6 Å². The molecule has 0 saturated heterocycles. The lowest BCUT2D eigenvalue weighted by atomic mass is 10.3. The number of carbonyl (C=O) groups excluding carboxylic acids is 1. The third-order valence-electron chi connectivity index (χ3n) is 2.86. The summed E-state index contributed by atoms with van der Waals surface area (Å²) in [6, 6.07) is 11.1. The van der Waals surface area contributed by atoms with Crippen LogP contribution in [0.3, 0.4) is 0 Å². The molecule has 1 amide bonds. The summed E-state index contributed by atoms with van der Waals surface area (Å²) >= 11 is 1.61. The van der Waals surface area contributed by atoms with Crippen LogP contribution in [-0.4, -0.2) is 32.7 Å². The van der Waals surface area contributed by atoms with Crippen molar-refractivity contribution in [3.8, 4) is 11.4 Å². The van der Waals surface area contributed by atoms with E-state index in [-0.39, 0.29) is 12.5 Å². The summed E-state index contributed by atoms with van der Waals surface area (Å²) in [5.74, 6) is 0.459. The van der Waals surface area contributed by atoms with Crippen LogP contribution in [0.1, 0.15) is 4.88 Å². The second-order valence-electron chi connectivity index (χ2n) is 4.39. The van der Waals surface area contributed by atoms with Gasteiger partial charge in [-0.25, -0.2) is 4.68 Å². The van der Waals surface area contributed by atoms with Crippen LogP contribution in [0.15, 0.2) is 48.1 Å². The lowest BCUT2D eigenvalue weighted by molar-refractivity contribution is -0.123. The maximum atomic E-state index is 11.7. The molecule has 2 aromatic heterocycles. The van der Waals surface area contributed by atoms with Crippen molar-refractivity contribution in [2.45, 2.75) is 6.54 Å². The van der Waals surface area contributed by atoms with Crippen LogP contribution < -0.4 is 10.1 Å². The highest BCUT2D eigenvalue weighted by molar-refractivity contribution is 7.09. The molecular formula is C14H13N5O2S. The van der Waals surface area contributed by atoms with Gasteiger partial charge in [-0.3, -0.25) is 4.79 Å². The van der Waals surface area contributed by atoms with Crippen molar-refractivity contribution in [1.29, 1.82) is 0 Å². The number of thiophene rings is 1. The summed E-state index contributed by atoms with van der Waals surface area (Å²) in [4.78, 5) is 12.8. The van der Waals surface area contributed by atoms with Gasteiger partial charge in [0.15, 0.2) is 6.61 Å². The van der Waals surface area contributed by atoms with Gasteiger partial charge in [-0.05, 0) is 46.1 Å². The molecule has 0 aliphatic heterocycles. The molecular weight excluding hydrogens is 302 g/mol. The number of ether oxygens (including phenoxy) is 1. The molecule has 0 aliphatic rings. The van der Waals surface area contributed by atoms with Gasteiger partial charge in [-0.2, -0.15) is 0 Å². The smallest absolute Gasteiger partial charge is 0.258 e. The zero-order chi connectivity index (χ0) is 15.2. The topological polar surface area (TPSA) is 81.9 Å². The third-order valence-corrected chi connectivity index (χ3v) is 3.74. The maximum Gasteiger partial charge on any atom is 0.258 e. The predicted octanol–water partition coefficient (Wildman–Crippen LogP) is 1.42. The standard InChI is InChI=1S/C14H13N5O2S/c20-14(15-8-13-2-1-7-22-13)9-21-12-5-3-11(4-6-12)19-10-16-17-18-19/h1-7,10H,8-9H2,(H,15,20).